The number of hydrogen-bond acceptors (Lipinski definition) is 8. The Labute approximate surface area is 210 Å². The summed E-state index contributed by atoms with van der Waals surface area (Å²) < 4.78 is 36.0. The molecule has 0 saturated carbocycles. The molecule has 2 aromatic rings. The molecule has 2 unspecified atom stereocenters. The predicted octanol–water partition coefficient (Wildman–Crippen LogP) is 3.39. The van der Waals surface area contributed by atoms with Crippen LogP contribution in [0.1, 0.15) is 44.2 Å². The zero-order valence-electron chi connectivity index (χ0n) is 20.6. The Balaban J connectivity index is 1.66. The summed E-state index contributed by atoms with van der Waals surface area (Å²) in [6, 6.07) is 8.76. The average molecular weight is 519 g/mol. The first-order chi connectivity index (χ1) is 17.0. The van der Waals surface area contributed by atoms with Gasteiger partial charge < -0.3 is 14.4 Å². The number of amides is 1. The first-order valence-corrected chi connectivity index (χ1v) is 12.9. The van der Waals surface area contributed by atoms with Crippen LogP contribution >= 0.6 is 0 Å². The van der Waals surface area contributed by atoms with Gasteiger partial charge in [-0.15, -0.1) is 0 Å². The number of nitrogens with one attached hydrogen (secondary N) is 1. The van der Waals surface area contributed by atoms with Crippen LogP contribution in [-0.2, 0) is 14.8 Å². The third-order valence-electron chi connectivity index (χ3n) is 6.09. The third kappa shape index (κ3) is 6.30. The van der Waals surface area contributed by atoms with E-state index in [0.717, 1.165) is 25.3 Å². The normalized spacial score (nSPS) is 18.2. The molecule has 11 nitrogen and oxygen atoms in total. The van der Waals surface area contributed by atoms with Gasteiger partial charge >= 0.3 is 0 Å². The van der Waals surface area contributed by atoms with Crippen molar-refractivity contribution in [2.75, 3.05) is 13.7 Å². The van der Waals surface area contributed by atoms with Crippen LogP contribution in [0.3, 0.4) is 0 Å². The number of carbonyl (C=O) groups excluding carboxylic acids is 1. The summed E-state index contributed by atoms with van der Waals surface area (Å²) in [5, 5.41) is 14.9. The quantitative estimate of drug-likeness (QED) is 0.305. The molecule has 1 fully saturated rings. The summed E-state index contributed by atoms with van der Waals surface area (Å²) in [6.45, 7) is 5.47. The minimum absolute atomic E-state index is 0.0897. The van der Waals surface area contributed by atoms with E-state index in [0.29, 0.717) is 22.6 Å². The zero-order valence-corrected chi connectivity index (χ0v) is 21.4. The monoisotopic (exact) mass is 518 g/mol. The van der Waals surface area contributed by atoms with Crippen LogP contribution in [0.25, 0.3) is 0 Å². The van der Waals surface area contributed by atoms with Gasteiger partial charge in [0.1, 0.15) is 0 Å². The molecule has 1 aliphatic heterocycles. The Hall–Kier alpha value is -3.67. The maximum Gasteiger partial charge on any atom is 0.276 e. The standard InChI is InChI=1S/C24H30N4O7S/c1-16-8-10-20(13-21(16)28(30)31)36(32,33)26-25-14-19-9-11-22(23(12-19)34-4)35-15-24(29)27-17(2)6-5-7-18(27)3/h8-14,17-18,26H,5-7,15H2,1-4H3. The van der Waals surface area contributed by atoms with Crippen LogP contribution in [0.5, 0.6) is 11.5 Å². The summed E-state index contributed by atoms with van der Waals surface area (Å²) in [5.41, 5.74) is 0.546. The fraction of sp³-hybridized carbons (Fsp3) is 0.417. The molecule has 0 aliphatic carbocycles. The fourth-order valence-electron chi connectivity index (χ4n) is 4.19. The summed E-state index contributed by atoms with van der Waals surface area (Å²) >= 11 is 0. The number of ether oxygens (including phenoxy) is 2. The van der Waals surface area contributed by atoms with Crippen LogP contribution in [0.15, 0.2) is 46.4 Å². The molecule has 36 heavy (non-hydrogen) atoms. The second-order valence-electron chi connectivity index (χ2n) is 8.69. The van der Waals surface area contributed by atoms with Crippen LogP contribution < -0.4 is 14.3 Å². The van der Waals surface area contributed by atoms with E-state index < -0.39 is 14.9 Å². The molecule has 0 aromatic heterocycles. The maximum absolute atomic E-state index is 12.7. The van der Waals surface area contributed by atoms with E-state index in [4.69, 9.17) is 9.47 Å². The Bertz CT molecular complexity index is 1250. The number of aryl methyl sites for hydroxylation is 1. The van der Waals surface area contributed by atoms with Crippen molar-refractivity contribution in [2.45, 2.75) is 57.0 Å². The number of nitrogens with zero attached hydrogens (tertiary/aromatic N) is 3. The number of rotatable bonds is 9. The molecule has 1 heterocycles. The second-order valence-corrected chi connectivity index (χ2v) is 10.3. The first kappa shape index (κ1) is 26.9. The highest BCUT2D eigenvalue weighted by Crippen LogP contribution is 2.29. The van der Waals surface area contributed by atoms with Crippen molar-refractivity contribution in [3.05, 3.63) is 57.6 Å². The lowest BCUT2D eigenvalue weighted by atomic mass is 9.97. The molecule has 0 spiro atoms. The number of hydrazone groups is 1. The summed E-state index contributed by atoms with van der Waals surface area (Å²) in [7, 11) is -2.66. The number of sulfonamides is 1. The van der Waals surface area contributed by atoms with Crippen LogP contribution in [0.2, 0.25) is 0 Å². The van der Waals surface area contributed by atoms with Crippen molar-refractivity contribution in [3.8, 4) is 11.5 Å². The molecular weight excluding hydrogens is 488 g/mol. The lowest BCUT2D eigenvalue weighted by Gasteiger charge is -2.39. The molecule has 194 valence electrons. The van der Waals surface area contributed by atoms with Gasteiger partial charge in [-0.25, -0.2) is 4.83 Å². The summed E-state index contributed by atoms with van der Waals surface area (Å²) in [5.74, 6) is 0.629. The summed E-state index contributed by atoms with van der Waals surface area (Å²) in [4.78, 5) is 26.8. The molecule has 0 radical (unpaired) electrons. The molecule has 1 amide bonds. The average Bonchev–Trinajstić information content (AvgIpc) is 2.82. The molecule has 2 aromatic carbocycles. The molecule has 1 aliphatic rings. The Morgan fingerprint density at radius 2 is 1.89 bits per heavy atom. The highest BCUT2D eigenvalue weighted by atomic mass is 32.2. The lowest BCUT2D eigenvalue weighted by Crippen LogP contribution is -2.49. The molecule has 12 heteroatoms. The highest BCUT2D eigenvalue weighted by molar-refractivity contribution is 7.89. The van der Waals surface area contributed by atoms with Gasteiger partial charge in [-0.2, -0.15) is 13.5 Å². The van der Waals surface area contributed by atoms with E-state index in [2.05, 4.69) is 5.10 Å². The largest absolute Gasteiger partial charge is 0.493 e. The van der Waals surface area contributed by atoms with E-state index in [1.165, 1.54) is 32.4 Å². The number of nitro benzene ring substituents is 1. The van der Waals surface area contributed by atoms with Crippen LogP contribution in [0.4, 0.5) is 5.69 Å². The Kier molecular flexibility index (Phi) is 8.51. The molecule has 0 bridgehead atoms. The Morgan fingerprint density at radius 3 is 2.53 bits per heavy atom. The number of piperidine rings is 1. The van der Waals surface area contributed by atoms with Crippen molar-refractivity contribution in [2.24, 2.45) is 5.10 Å². The van der Waals surface area contributed by atoms with Crippen molar-refractivity contribution in [3.63, 3.8) is 0 Å². The minimum Gasteiger partial charge on any atom is -0.493 e. The zero-order chi connectivity index (χ0) is 26.5. The van der Waals surface area contributed by atoms with Gasteiger partial charge in [0.15, 0.2) is 18.1 Å². The minimum atomic E-state index is -4.12. The first-order valence-electron chi connectivity index (χ1n) is 11.5. The number of methoxy groups -OCH3 is 1. The van der Waals surface area contributed by atoms with Crippen molar-refractivity contribution in [1.29, 1.82) is 0 Å². The predicted molar refractivity (Wildman–Crippen MR) is 134 cm³/mol. The molecule has 1 saturated heterocycles. The van der Waals surface area contributed by atoms with Gasteiger partial charge in [0.2, 0.25) is 0 Å². The van der Waals surface area contributed by atoms with Gasteiger partial charge in [0, 0.05) is 23.7 Å². The number of hydrogen-bond donors (Lipinski definition) is 1. The molecule has 1 N–H and O–H groups in total. The highest BCUT2D eigenvalue weighted by Gasteiger charge is 2.29. The Morgan fingerprint density at radius 1 is 1.19 bits per heavy atom. The topological polar surface area (TPSA) is 140 Å². The van der Waals surface area contributed by atoms with E-state index >= 15 is 0 Å². The number of benzene rings is 2. The van der Waals surface area contributed by atoms with E-state index in [1.54, 1.807) is 18.2 Å². The van der Waals surface area contributed by atoms with Crippen molar-refractivity contribution >= 4 is 27.8 Å². The molecule has 3 rings (SSSR count). The summed E-state index contributed by atoms with van der Waals surface area (Å²) in [6.07, 6.45) is 4.30. The van der Waals surface area contributed by atoms with Gasteiger partial charge in [-0.1, -0.05) is 6.07 Å². The third-order valence-corrected chi connectivity index (χ3v) is 7.31. The number of carbonyl (C=O) groups is 1. The van der Waals surface area contributed by atoms with Gasteiger partial charge in [-0.3, -0.25) is 14.9 Å². The van der Waals surface area contributed by atoms with E-state index in [9.17, 15) is 23.3 Å². The maximum atomic E-state index is 12.7. The van der Waals surface area contributed by atoms with Gasteiger partial charge in [0.05, 0.1) is 23.1 Å². The molecular formula is C24H30N4O7S. The van der Waals surface area contributed by atoms with Crippen molar-refractivity contribution < 1.29 is 27.6 Å². The lowest BCUT2D eigenvalue weighted by molar-refractivity contribution is -0.385. The van der Waals surface area contributed by atoms with Gasteiger partial charge in [0.25, 0.3) is 21.6 Å². The van der Waals surface area contributed by atoms with E-state index in [-0.39, 0.29) is 35.2 Å². The van der Waals surface area contributed by atoms with E-state index in [1.807, 2.05) is 23.6 Å². The fourth-order valence-corrected chi connectivity index (χ4v) is 5.00. The SMILES string of the molecule is COc1cc(C=NNS(=O)(=O)c2ccc(C)c([N+](=O)[O-])c2)ccc1OCC(=O)N1C(C)CCCC1C. The molecule has 2 atom stereocenters. The number of likely N-dealkylation sites (tertiary alicyclic amines) is 1. The van der Waals surface area contributed by atoms with Crippen molar-refractivity contribution in [1.82, 2.24) is 9.73 Å². The smallest absolute Gasteiger partial charge is 0.276 e. The van der Waals surface area contributed by atoms with Crippen LogP contribution in [-0.4, -0.2) is 56.2 Å². The van der Waals surface area contributed by atoms with Gasteiger partial charge in [-0.05, 0) is 69.9 Å². The number of nitro groups is 1. The second kappa shape index (κ2) is 11.4. The van der Waals surface area contributed by atoms with Crippen LogP contribution in [0, 0.1) is 17.0 Å².